The van der Waals surface area contributed by atoms with Gasteiger partial charge in [0.1, 0.15) is 0 Å². The molecular formula is C31H24BrClN4O3. The van der Waals surface area contributed by atoms with Crippen molar-refractivity contribution < 1.29 is 14.4 Å². The average molecular weight is 616 g/mol. The van der Waals surface area contributed by atoms with Crippen LogP contribution in [0.3, 0.4) is 0 Å². The van der Waals surface area contributed by atoms with Gasteiger partial charge in [-0.3, -0.25) is 9.59 Å². The Morgan fingerprint density at radius 3 is 2.40 bits per heavy atom. The average Bonchev–Trinajstić information content (AvgIpc) is 3.06. The molecule has 0 spiro atoms. The van der Waals surface area contributed by atoms with Gasteiger partial charge in [0, 0.05) is 21.2 Å². The predicted molar refractivity (Wildman–Crippen MR) is 161 cm³/mol. The molecule has 0 unspecified atom stereocenters. The molecule has 1 aliphatic rings. The molecule has 200 valence electrons. The summed E-state index contributed by atoms with van der Waals surface area (Å²) in [7, 11) is 0. The molecule has 1 heterocycles. The third-order valence-corrected chi connectivity index (χ3v) is 7.26. The molecule has 0 aromatic heterocycles. The first kappa shape index (κ1) is 27.3. The molecule has 7 nitrogen and oxygen atoms in total. The summed E-state index contributed by atoms with van der Waals surface area (Å²) in [5.74, 6) is -0.772. The number of nitrogens with one attached hydrogen (secondary N) is 2. The van der Waals surface area contributed by atoms with E-state index in [1.165, 1.54) is 4.90 Å². The van der Waals surface area contributed by atoms with Crippen molar-refractivity contribution in [2.45, 2.75) is 13.1 Å². The van der Waals surface area contributed by atoms with Gasteiger partial charge in [-0.05, 0) is 36.8 Å². The number of hydrogen-bond donors (Lipinski definition) is 2. The number of amides is 3. The molecule has 0 bridgehead atoms. The van der Waals surface area contributed by atoms with E-state index in [0.717, 1.165) is 15.6 Å². The van der Waals surface area contributed by atoms with Crippen LogP contribution >= 0.6 is 27.5 Å². The molecule has 0 saturated heterocycles. The monoisotopic (exact) mass is 614 g/mol. The highest BCUT2D eigenvalue weighted by Crippen LogP contribution is 2.29. The number of carbonyl (C=O) groups is 3. The van der Waals surface area contributed by atoms with Gasteiger partial charge < -0.3 is 15.5 Å². The first-order valence-corrected chi connectivity index (χ1v) is 13.6. The molecule has 9 heteroatoms. The van der Waals surface area contributed by atoms with Crippen LogP contribution in [-0.2, 0) is 4.79 Å². The van der Waals surface area contributed by atoms with Crippen LogP contribution in [0.1, 0.15) is 27.0 Å². The lowest BCUT2D eigenvalue weighted by atomic mass is 9.99. The van der Waals surface area contributed by atoms with Crippen molar-refractivity contribution in [1.29, 1.82) is 0 Å². The van der Waals surface area contributed by atoms with Crippen LogP contribution in [0.25, 0.3) is 0 Å². The van der Waals surface area contributed by atoms with Crippen molar-refractivity contribution in [1.82, 2.24) is 5.32 Å². The van der Waals surface area contributed by atoms with Gasteiger partial charge in [-0.2, -0.15) is 0 Å². The quantitative estimate of drug-likeness (QED) is 0.239. The molecule has 5 rings (SSSR count). The van der Waals surface area contributed by atoms with Crippen LogP contribution in [0.5, 0.6) is 0 Å². The zero-order valence-corrected chi connectivity index (χ0v) is 23.7. The predicted octanol–water partition coefficient (Wildman–Crippen LogP) is 6.63. The molecule has 0 aliphatic carbocycles. The first-order chi connectivity index (χ1) is 19.3. The van der Waals surface area contributed by atoms with Gasteiger partial charge in [-0.1, -0.05) is 100 Å². The number of hydrogen-bond acceptors (Lipinski definition) is 4. The second kappa shape index (κ2) is 11.9. The number of aryl methyl sites for hydroxylation is 1. The minimum absolute atomic E-state index is 0.226. The lowest BCUT2D eigenvalue weighted by molar-refractivity contribution is -0.120. The summed E-state index contributed by atoms with van der Waals surface area (Å²) in [5.41, 5.74) is 4.17. The number of aliphatic imine (C=N–C) groups is 1. The Hall–Kier alpha value is -4.27. The fourth-order valence-electron chi connectivity index (χ4n) is 4.50. The fraction of sp³-hybridized carbons (Fsp3) is 0.0968. The molecule has 1 atom stereocenters. The van der Waals surface area contributed by atoms with Crippen LogP contribution in [0, 0.1) is 6.92 Å². The SMILES string of the molecule is Cc1ccccc1C(=O)CN1C(=O)[C@@H](NC(=O)Nc2ccc(Br)cc2Cl)N=C(c2ccccc2)c2ccccc21. The zero-order chi connectivity index (χ0) is 28.2. The smallest absolute Gasteiger partial charge is 0.308 e. The van der Waals surface area contributed by atoms with Crippen molar-refractivity contribution >= 4 is 62.3 Å². The third kappa shape index (κ3) is 5.83. The van der Waals surface area contributed by atoms with E-state index in [-0.39, 0.29) is 12.3 Å². The molecule has 3 amide bonds. The number of benzene rings is 4. The van der Waals surface area contributed by atoms with Gasteiger partial charge in [0.05, 0.1) is 28.7 Å². The van der Waals surface area contributed by atoms with Crippen LogP contribution in [0.2, 0.25) is 5.02 Å². The lowest BCUT2D eigenvalue weighted by Gasteiger charge is -2.25. The van der Waals surface area contributed by atoms with Crippen LogP contribution in [0.15, 0.2) is 107 Å². The number of para-hydroxylation sites is 1. The standard InChI is InChI=1S/C31H24BrClN4O3/c1-19-9-5-6-12-22(19)27(38)18-37-26-14-8-7-13-23(26)28(20-10-3-2-4-11-20)35-29(30(37)39)36-31(40)34-25-16-15-21(32)17-24(25)33/h2-17,29H,18H2,1H3,(H2,34,36,40)/t29-/m1/s1. The Morgan fingerprint density at radius 1 is 0.950 bits per heavy atom. The molecule has 0 fully saturated rings. The van der Waals surface area contributed by atoms with E-state index in [2.05, 4.69) is 26.6 Å². The maximum Gasteiger partial charge on any atom is 0.321 e. The van der Waals surface area contributed by atoms with Gasteiger partial charge in [0.2, 0.25) is 6.17 Å². The van der Waals surface area contributed by atoms with Crippen molar-refractivity contribution in [3.8, 4) is 0 Å². The largest absolute Gasteiger partial charge is 0.321 e. The van der Waals surface area contributed by atoms with E-state index in [1.807, 2.05) is 61.5 Å². The number of carbonyl (C=O) groups excluding carboxylic acids is 3. The van der Waals surface area contributed by atoms with Gasteiger partial charge in [-0.15, -0.1) is 0 Å². The third-order valence-electron chi connectivity index (χ3n) is 6.45. The summed E-state index contributed by atoms with van der Waals surface area (Å²) in [6, 6.07) is 28.3. The number of halogens is 2. The Labute approximate surface area is 245 Å². The normalized spacial score (nSPS) is 14.6. The van der Waals surface area contributed by atoms with E-state index in [4.69, 9.17) is 16.6 Å². The van der Waals surface area contributed by atoms with E-state index in [0.29, 0.717) is 33.2 Å². The molecule has 4 aromatic carbocycles. The second-order valence-corrected chi connectivity index (χ2v) is 10.5. The summed E-state index contributed by atoms with van der Waals surface area (Å²) in [4.78, 5) is 46.7. The number of benzodiazepines with no additional fused rings is 1. The maximum absolute atomic E-state index is 14.0. The Kier molecular flexibility index (Phi) is 8.09. The molecule has 40 heavy (non-hydrogen) atoms. The molecular weight excluding hydrogens is 592 g/mol. The molecule has 0 saturated carbocycles. The highest BCUT2D eigenvalue weighted by Gasteiger charge is 2.34. The number of ketones is 1. The summed E-state index contributed by atoms with van der Waals surface area (Å²) in [6.07, 6.45) is -1.32. The van der Waals surface area contributed by atoms with E-state index in [9.17, 15) is 14.4 Å². The lowest BCUT2D eigenvalue weighted by Crippen LogP contribution is -2.50. The van der Waals surface area contributed by atoms with Gasteiger partial charge in [-0.25, -0.2) is 9.79 Å². The summed E-state index contributed by atoms with van der Waals surface area (Å²) in [5, 5.41) is 5.68. The topological polar surface area (TPSA) is 90.9 Å². The molecule has 2 N–H and O–H groups in total. The van der Waals surface area contributed by atoms with Crippen molar-refractivity contribution in [3.63, 3.8) is 0 Å². The van der Waals surface area contributed by atoms with Crippen molar-refractivity contribution in [3.05, 3.63) is 129 Å². The first-order valence-electron chi connectivity index (χ1n) is 12.5. The van der Waals surface area contributed by atoms with E-state index < -0.39 is 18.1 Å². The maximum atomic E-state index is 14.0. The highest BCUT2D eigenvalue weighted by molar-refractivity contribution is 9.10. The number of nitrogens with zero attached hydrogens (tertiary/aromatic N) is 2. The number of anilines is 2. The Balaban J connectivity index is 1.54. The van der Waals surface area contributed by atoms with Crippen molar-refractivity contribution in [2.75, 3.05) is 16.8 Å². The molecule has 1 aliphatic heterocycles. The highest BCUT2D eigenvalue weighted by atomic mass is 79.9. The van der Waals surface area contributed by atoms with Gasteiger partial charge in [0.25, 0.3) is 5.91 Å². The number of urea groups is 1. The Bertz CT molecular complexity index is 1640. The fourth-order valence-corrected chi connectivity index (χ4v) is 5.22. The van der Waals surface area contributed by atoms with Crippen LogP contribution in [-0.4, -0.2) is 36.1 Å². The molecule has 4 aromatic rings. The van der Waals surface area contributed by atoms with Crippen molar-refractivity contribution in [2.24, 2.45) is 4.99 Å². The minimum Gasteiger partial charge on any atom is -0.308 e. The second-order valence-electron chi connectivity index (χ2n) is 9.15. The van der Waals surface area contributed by atoms with Crippen LogP contribution < -0.4 is 15.5 Å². The Morgan fingerprint density at radius 2 is 1.65 bits per heavy atom. The molecule has 0 radical (unpaired) electrons. The van der Waals surface area contributed by atoms with Gasteiger partial charge in [0.15, 0.2) is 5.78 Å². The number of rotatable bonds is 6. The minimum atomic E-state index is -1.32. The number of Topliss-reactive ketones (excluding diaryl/α,β-unsaturated/α-hetero) is 1. The van der Waals surface area contributed by atoms with Crippen LogP contribution in [0.4, 0.5) is 16.2 Å². The van der Waals surface area contributed by atoms with Gasteiger partial charge >= 0.3 is 6.03 Å². The summed E-state index contributed by atoms with van der Waals surface area (Å²) >= 11 is 9.61. The van der Waals surface area contributed by atoms with E-state index >= 15 is 0 Å². The summed E-state index contributed by atoms with van der Waals surface area (Å²) < 4.78 is 0.756. The number of fused-ring (bicyclic) bond motifs is 1. The summed E-state index contributed by atoms with van der Waals surface area (Å²) in [6.45, 7) is 1.63. The van der Waals surface area contributed by atoms with E-state index in [1.54, 1.807) is 42.5 Å². The zero-order valence-electron chi connectivity index (χ0n) is 21.4.